The van der Waals surface area contributed by atoms with Gasteiger partial charge in [0.1, 0.15) is 17.3 Å². The van der Waals surface area contributed by atoms with Crippen LogP contribution in [0, 0.1) is 5.82 Å². The Balaban J connectivity index is 1.71. The molecule has 0 saturated carbocycles. The van der Waals surface area contributed by atoms with Crippen LogP contribution in [0.1, 0.15) is 21.7 Å². The van der Waals surface area contributed by atoms with Crippen molar-refractivity contribution in [3.63, 3.8) is 0 Å². The van der Waals surface area contributed by atoms with Crippen molar-refractivity contribution in [3.8, 4) is 11.5 Å². The monoisotopic (exact) mass is 416 g/mol. The highest BCUT2D eigenvalue weighted by atomic mass is 19.1. The molecule has 1 heterocycles. The molecule has 0 amide bonds. The van der Waals surface area contributed by atoms with Gasteiger partial charge in [0.25, 0.3) is 0 Å². The molecule has 4 rings (SSSR count). The molecule has 1 aromatic heterocycles. The van der Waals surface area contributed by atoms with Crippen LogP contribution in [0.15, 0.2) is 72.8 Å². The van der Waals surface area contributed by atoms with Gasteiger partial charge in [0.2, 0.25) is 5.78 Å². The lowest BCUT2D eigenvalue weighted by Crippen LogP contribution is -2.10. The number of rotatable bonds is 7. The number of para-hydroxylation sites is 2. The van der Waals surface area contributed by atoms with Gasteiger partial charge in [-0.15, -0.1) is 0 Å². The number of hydrogen-bond acceptors (Lipinski definition) is 4. The molecule has 0 atom stereocenters. The number of carbonyl (C=O) groups excluding carboxylic acids is 1. The minimum absolute atomic E-state index is 0.247. The number of ether oxygens (including phenoxy) is 2. The summed E-state index contributed by atoms with van der Waals surface area (Å²) < 4.78 is 25.8. The Morgan fingerprint density at radius 2 is 1.81 bits per heavy atom. The van der Waals surface area contributed by atoms with E-state index in [1.807, 2.05) is 28.8 Å². The number of ketones is 1. The zero-order valence-electron chi connectivity index (χ0n) is 17.2. The first-order valence-corrected chi connectivity index (χ1v) is 9.73. The number of aromatic nitrogens is 2. The van der Waals surface area contributed by atoms with E-state index in [9.17, 15) is 9.18 Å². The smallest absolute Gasteiger partial charge is 0.221 e. The first-order chi connectivity index (χ1) is 15.1. The summed E-state index contributed by atoms with van der Waals surface area (Å²) in [6.07, 6.45) is 3.16. The van der Waals surface area contributed by atoms with Crippen LogP contribution in [0.25, 0.3) is 17.1 Å². The van der Waals surface area contributed by atoms with Crippen molar-refractivity contribution in [1.29, 1.82) is 0 Å². The molecule has 0 aliphatic carbocycles. The minimum Gasteiger partial charge on any atom is -0.497 e. The van der Waals surface area contributed by atoms with E-state index in [0.29, 0.717) is 23.9 Å². The van der Waals surface area contributed by atoms with Crippen LogP contribution in [-0.4, -0.2) is 29.6 Å². The van der Waals surface area contributed by atoms with Crippen molar-refractivity contribution in [1.82, 2.24) is 9.55 Å². The van der Waals surface area contributed by atoms with Crippen LogP contribution in [0.2, 0.25) is 0 Å². The lowest BCUT2D eigenvalue weighted by atomic mass is 10.1. The van der Waals surface area contributed by atoms with Gasteiger partial charge in [-0.05, 0) is 60.2 Å². The number of hydrogen-bond donors (Lipinski definition) is 0. The van der Waals surface area contributed by atoms with Crippen molar-refractivity contribution < 1.29 is 18.7 Å². The summed E-state index contributed by atoms with van der Waals surface area (Å²) in [5, 5.41) is 0. The number of nitrogens with zero attached hydrogens (tertiary/aromatic N) is 2. The average molecular weight is 416 g/mol. The van der Waals surface area contributed by atoms with Gasteiger partial charge in [0.15, 0.2) is 5.82 Å². The van der Waals surface area contributed by atoms with Gasteiger partial charge in [-0.3, -0.25) is 4.79 Å². The van der Waals surface area contributed by atoms with E-state index in [-0.39, 0.29) is 11.6 Å². The van der Waals surface area contributed by atoms with Crippen LogP contribution in [0.3, 0.4) is 0 Å². The fourth-order valence-corrected chi connectivity index (χ4v) is 3.41. The number of halogens is 1. The van der Waals surface area contributed by atoms with Crippen LogP contribution < -0.4 is 9.47 Å². The van der Waals surface area contributed by atoms with E-state index in [1.165, 1.54) is 18.2 Å². The first kappa shape index (κ1) is 20.3. The number of allylic oxidation sites excluding steroid dienone is 1. The Morgan fingerprint density at radius 3 is 2.55 bits per heavy atom. The maximum atomic E-state index is 13.3. The molecule has 0 bridgehead atoms. The van der Waals surface area contributed by atoms with E-state index >= 15 is 0 Å². The average Bonchev–Trinajstić information content (AvgIpc) is 3.17. The molecule has 31 heavy (non-hydrogen) atoms. The normalized spacial score (nSPS) is 11.2. The summed E-state index contributed by atoms with van der Waals surface area (Å²) in [5.41, 5.74) is 3.15. The second-order valence-electron chi connectivity index (χ2n) is 6.94. The standard InChI is InChI=1S/C25H21FN2O3/c1-30-20-12-14-24(31-2)18(15-20)9-13-23(29)25-27-21-5-3-4-6-22(21)28(25)16-17-7-10-19(26)11-8-17/h3-15H,16H2,1-2H3/b13-9+. The number of benzene rings is 3. The van der Waals surface area contributed by atoms with E-state index < -0.39 is 0 Å². The number of methoxy groups -OCH3 is 2. The molecule has 4 aromatic rings. The summed E-state index contributed by atoms with van der Waals surface area (Å²) in [6, 6.07) is 19.1. The van der Waals surface area contributed by atoms with Gasteiger partial charge in [-0.2, -0.15) is 0 Å². The first-order valence-electron chi connectivity index (χ1n) is 9.73. The van der Waals surface area contributed by atoms with Gasteiger partial charge in [0, 0.05) is 12.1 Å². The fraction of sp³-hybridized carbons (Fsp3) is 0.120. The summed E-state index contributed by atoms with van der Waals surface area (Å²) in [7, 11) is 3.15. The predicted octanol–water partition coefficient (Wildman–Crippen LogP) is 5.14. The van der Waals surface area contributed by atoms with Crippen LogP contribution >= 0.6 is 0 Å². The highest BCUT2D eigenvalue weighted by Gasteiger charge is 2.16. The summed E-state index contributed by atoms with van der Waals surface area (Å²) in [5.74, 6) is 1.05. The molecule has 5 nitrogen and oxygen atoms in total. The second-order valence-corrected chi connectivity index (χ2v) is 6.94. The second kappa shape index (κ2) is 8.83. The summed E-state index contributed by atoms with van der Waals surface area (Å²) >= 11 is 0. The SMILES string of the molecule is COc1ccc(OC)c(/C=C/C(=O)c2nc3ccccc3n2Cc2ccc(F)cc2)c1. The third-order valence-electron chi connectivity index (χ3n) is 4.98. The molecule has 6 heteroatoms. The number of carbonyl (C=O) groups is 1. The minimum atomic E-state index is -0.300. The molecule has 156 valence electrons. The Kier molecular flexibility index (Phi) is 5.80. The maximum absolute atomic E-state index is 13.3. The molecule has 0 spiro atoms. The molecule has 0 aliphatic heterocycles. The molecule has 0 saturated heterocycles. The van der Waals surface area contributed by atoms with Crippen LogP contribution in [0.5, 0.6) is 11.5 Å². The molecular weight excluding hydrogens is 395 g/mol. The summed E-state index contributed by atoms with van der Waals surface area (Å²) in [4.78, 5) is 17.7. The van der Waals surface area contributed by atoms with Gasteiger partial charge in [-0.25, -0.2) is 9.37 Å². The van der Waals surface area contributed by atoms with E-state index in [0.717, 1.165) is 22.2 Å². The Hall–Kier alpha value is -3.93. The molecule has 0 unspecified atom stereocenters. The maximum Gasteiger partial charge on any atom is 0.221 e. The highest BCUT2D eigenvalue weighted by molar-refractivity contribution is 6.06. The molecule has 0 aliphatic rings. The van der Waals surface area contributed by atoms with Gasteiger partial charge in [-0.1, -0.05) is 24.3 Å². The molecule has 3 aromatic carbocycles. The third-order valence-corrected chi connectivity index (χ3v) is 4.98. The third kappa shape index (κ3) is 4.33. The van der Waals surface area contributed by atoms with Gasteiger partial charge < -0.3 is 14.0 Å². The number of imidazole rings is 1. The van der Waals surface area contributed by atoms with E-state index in [4.69, 9.17) is 9.47 Å². The lowest BCUT2D eigenvalue weighted by molar-refractivity contribution is 0.103. The van der Waals surface area contributed by atoms with E-state index in [1.54, 1.807) is 50.6 Å². The highest BCUT2D eigenvalue weighted by Crippen LogP contribution is 2.26. The quantitative estimate of drug-likeness (QED) is 0.309. The van der Waals surface area contributed by atoms with Crippen molar-refractivity contribution in [3.05, 3.63) is 95.6 Å². The Morgan fingerprint density at radius 1 is 1.03 bits per heavy atom. The Bertz CT molecular complexity index is 1260. The molecular formula is C25H21FN2O3. The largest absolute Gasteiger partial charge is 0.497 e. The molecule has 0 N–H and O–H groups in total. The van der Waals surface area contributed by atoms with Crippen molar-refractivity contribution in [2.24, 2.45) is 0 Å². The Labute approximate surface area is 179 Å². The predicted molar refractivity (Wildman–Crippen MR) is 118 cm³/mol. The zero-order valence-corrected chi connectivity index (χ0v) is 17.2. The summed E-state index contributed by atoms with van der Waals surface area (Å²) in [6.45, 7) is 0.401. The molecule has 0 radical (unpaired) electrons. The molecule has 0 fully saturated rings. The van der Waals surface area contributed by atoms with Gasteiger partial charge >= 0.3 is 0 Å². The topological polar surface area (TPSA) is 53.4 Å². The zero-order chi connectivity index (χ0) is 21.8. The van der Waals surface area contributed by atoms with E-state index in [2.05, 4.69) is 4.98 Å². The van der Waals surface area contributed by atoms with Crippen LogP contribution in [0.4, 0.5) is 4.39 Å². The lowest BCUT2D eigenvalue weighted by Gasteiger charge is -2.09. The van der Waals surface area contributed by atoms with Crippen molar-refractivity contribution >= 4 is 22.9 Å². The van der Waals surface area contributed by atoms with Crippen LogP contribution in [-0.2, 0) is 6.54 Å². The fourth-order valence-electron chi connectivity index (χ4n) is 3.41. The van der Waals surface area contributed by atoms with Crippen molar-refractivity contribution in [2.75, 3.05) is 14.2 Å². The van der Waals surface area contributed by atoms with Crippen molar-refractivity contribution in [2.45, 2.75) is 6.54 Å². The van der Waals surface area contributed by atoms with Gasteiger partial charge in [0.05, 0.1) is 25.3 Å². The number of fused-ring (bicyclic) bond motifs is 1.